The van der Waals surface area contributed by atoms with E-state index in [1.54, 1.807) is 12.2 Å². The molecule has 0 aliphatic heterocycles. The van der Waals surface area contributed by atoms with Gasteiger partial charge in [0, 0.05) is 6.54 Å². The number of benzene rings is 2. The smallest absolute Gasteiger partial charge is 0.272 e. The minimum absolute atomic E-state index is 0.0538. The van der Waals surface area contributed by atoms with Gasteiger partial charge in [-0.3, -0.25) is 9.59 Å². The van der Waals surface area contributed by atoms with Crippen LogP contribution in [0.2, 0.25) is 0 Å². The Morgan fingerprint density at radius 3 is 1.76 bits per heavy atom. The van der Waals surface area contributed by atoms with Crippen LogP contribution < -0.4 is 26.6 Å². The van der Waals surface area contributed by atoms with Crippen LogP contribution in [0.25, 0.3) is 12.2 Å². The second-order valence-corrected chi connectivity index (χ2v) is 9.47. The van der Waals surface area contributed by atoms with Gasteiger partial charge in [0.1, 0.15) is 16.4 Å². The molecule has 0 atom stereocenters. The topological polar surface area (TPSA) is 78.2 Å². The fourth-order valence-electron chi connectivity index (χ4n) is 3.34. The van der Waals surface area contributed by atoms with Crippen molar-refractivity contribution in [3.05, 3.63) is 96.6 Å². The van der Waals surface area contributed by atoms with E-state index < -0.39 is 0 Å². The van der Waals surface area contributed by atoms with E-state index >= 15 is 0 Å². The number of hydrogen-bond donors (Lipinski definition) is 2. The van der Waals surface area contributed by atoms with Gasteiger partial charge in [0.05, 0.1) is 6.61 Å². The number of aromatic amines is 2. The van der Waals surface area contributed by atoms with Crippen molar-refractivity contribution in [1.82, 2.24) is 14.9 Å². The summed E-state index contributed by atoms with van der Waals surface area (Å²) in [5.41, 5.74) is 2.21. The third-order valence-corrected chi connectivity index (χ3v) is 5.28. The van der Waals surface area contributed by atoms with Crippen LogP contribution in [0.4, 0.5) is 0 Å². The van der Waals surface area contributed by atoms with Crippen molar-refractivity contribution in [2.75, 3.05) is 27.2 Å². The molecule has 6 heteroatoms. The lowest BCUT2D eigenvalue weighted by Crippen LogP contribution is -2.46. The van der Waals surface area contributed by atoms with Gasteiger partial charge in [0.2, 0.25) is 0 Å². The quantitative estimate of drug-likeness (QED) is 0.545. The van der Waals surface area contributed by atoms with Crippen molar-refractivity contribution in [1.29, 1.82) is 0 Å². The van der Waals surface area contributed by atoms with Gasteiger partial charge in [-0.25, -0.2) is 0 Å². The normalized spacial score (nSPS) is 13.0. The van der Waals surface area contributed by atoms with Gasteiger partial charge in [-0.1, -0.05) is 57.2 Å². The summed E-state index contributed by atoms with van der Waals surface area (Å²) in [4.78, 5) is 32.6. The molecule has 3 aromatic rings. The molecule has 0 saturated carbocycles. The maximum atomic E-state index is 12.6. The average molecular weight is 448 g/mol. The summed E-state index contributed by atoms with van der Waals surface area (Å²) in [6.45, 7) is 8.06. The zero-order valence-electron chi connectivity index (χ0n) is 20.1. The molecular formula is C27H33N3O3. The van der Waals surface area contributed by atoms with Crippen LogP contribution in [0.1, 0.15) is 43.9 Å². The standard InChI is InChI=1S/C27H33N3O3/c1-27(2,3)21-11-7-19(8-12-21)17-23-25(31)29-24(26(32)28-23)18-20-9-13-22(14-10-20)33-16-6-15-30(4)5/h7-14,17-18H,6,15-16H2,1-5H3,(H,28,32)(H,29,31)/b23-17-,24-18-. The summed E-state index contributed by atoms with van der Waals surface area (Å²) in [5, 5.41) is 0.432. The molecule has 6 nitrogen and oxygen atoms in total. The van der Waals surface area contributed by atoms with Crippen LogP contribution in [0, 0.1) is 0 Å². The molecule has 2 aromatic carbocycles. The number of H-pyrrole nitrogens is 2. The van der Waals surface area contributed by atoms with Gasteiger partial charge in [-0.05, 0) is 66.9 Å². The van der Waals surface area contributed by atoms with E-state index in [-0.39, 0.29) is 27.2 Å². The lowest BCUT2D eigenvalue weighted by molar-refractivity contribution is 0.281. The molecule has 0 saturated heterocycles. The van der Waals surface area contributed by atoms with E-state index in [1.807, 2.05) is 62.6 Å². The highest BCUT2D eigenvalue weighted by atomic mass is 16.5. The summed E-state index contributed by atoms with van der Waals surface area (Å²) in [7, 11) is 4.07. The largest absolute Gasteiger partial charge is 0.494 e. The van der Waals surface area contributed by atoms with Crippen molar-refractivity contribution in [3.63, 3.8) is 0 Å². The molecule has 0 radical (unpaired) electrons. The Morgan fingerprint density at radius 2 is 1.30 bits per heavy atom. The highest BCUT2D eigenvalue weighted by Crippen LogP contribution is 2.22. The Morgan fingerprint density at radius 1 is 0.818 bits per heavy atom. The van der Waals surface area contributed by atoms with Crippen LogP contribution in [0.3, 0.4) is 0 Å². The Balaban J connectivity index is 1.79. The Labute approximate surface area is 194 Å². The predicted octanol–water partition coefficient (Wildman–Crippen LogP) is 2.35. The van der Waals surface area contributed by atoms with Gasteiger partial charge in [-0.15, -0.1) is 0 Å². The zero-order valence-corrected chi connectivity index (χ0v) is 20.1. The third-order valence-electron chi connectivity index (χ3n) is 5.28. The summed E-state index contributed by atoms with van der Waals surface area (Å²) >= 11 is 0. The van der Waals surface area contributed by atoms with E-state index in [0.717, 1.165) is 29.8 Å². The maximum Gasteiger partial charge on any atom is 0.272 e. The van der Waals surface area contributed by atoms with Gasteiger partial charge >= 0.3 is 0 Å². The van der Waals surface area contributed by atoms with Gasteiger partial charge in [0.15, 0.2) is 0 Å². The summed E-state index contributed by atoms with van der Waals surface area (Å²) in [5.74, 6) is 0.774. The van der Waals surface area contributed by atoms with E-state index in [4.69, 9.17) is 4.74 Å². The molecule has 0 bridgehead atoms. The first-order chi connectivity index (χ1) is 15.6. The van der Waals surface area contributed by atoms with Gasteiger partial charge in [0.25, 0.3) is 11.1 Å². The number of nitrogens with zero attached hydrogens (tertiary/aromatic N) is 1. The number of ether oxygens (including phenoxy) is 1. The zero-order chi connectivity index (χ0) is 24.0. The second kappa shape index (κ2) is 10.5. The molecule has 0 amide bonds. The minimum atomic E-state index is -0.351. The molecule has 0 unspecified atom stereocenters. The minimum Gasteiger partial charge on any atom is -0.494 e. The van der Waals surface area contributed by atoms with E-state index in [1.165, 1.54) is 5.56 Å². The van der Waals surface area contributed by atoms with Crippen molar-refractivity contribution in [2.45, 2.75) is 32.6 Å². The summed E-state index contributed by atoms with van der Waals surface area (Å²) in [6.07, 6.45) is 4.28. The SMILES string of the molecule is CN(C)CCCOc1ccc(/C=c2\[nH]c(=O)/c(=C/c3ccc(C(C)(C)C)cc3)[nH]c2=O)cc1. The average Bonchev–Trinajstić information content (AvgIpc) is 2.75. The van der Waals surface area contributed by atoms with E-state index in [0.29, 0.717) is 6.61 Å². The second-order valence-electron chi connectivity index (χ2n) is 9.47. The first kappa shape index (κ1) is 24.3. The van der Waals surface area contributed by atoms with E-state index in [9.17, 15) is 9.59 Å². The number of hydrogen-bond acceptors (Lipinski definition) is 4. The number of rotatable bonds is 7. The van der Waals surface area contributed by atoms with Crippen molar-refractivity contribution >= 4 is 12.2 Å². The molecular weight excluding hydrogens is 414 g/mol. The van der Waals surface area contributed by atoms with Crippen molar-refractivity contribution in [2.24, 2.45) is 0 Å². The van der Waals surface area contributed by atoms with Crippen LogP contribution >= 0.6 is 0 Å². The molecule has 1 heterocycles. The monoisotopic (exact) mass is 447 g/mol. The highest BCUT2D eigenvalue weighted by Gasteiger charge is 2.12. The van der Waals surface area contributed by atoms with Crippen LogP contribution in [-0.4, -0.2) is 42.1 Å². The van der Waals surface area contributed by atoms with Crippen molar-refractivity contribution < 1.29 is 4.74 Å². The van der Waals surface area contributed by atoms with Crippen LogP contribution in [0.15, 0.2) is 58.1 Å². The Hall–Kier alpha value is -3.38. The molecule has 3 rings (SSSR count). The first-order valence-electron chi connectivity index (χ1n) is 11.2. The Kier molecular flexibility index (Phi) is 7.71. The molecule has 0 aliphatic rings. The molecule has 33 heavy (non-hydrogen) atoms. The third kappa shape index (κ3) is 7.05. The fourth-order valence-corrected chi connectivity index (χ4v) is 3.34. The number of aromatic nitrogens is 2. The summed E-state index contributed by atoms with van der Waals surface area (Å²) < 4.78 is 5.73. The van der Waals surface area contributed by atoms with Gasteiger partial charge < -0.3 is 19.6 Å². The van der Waals surface area contributed by atoms with Crippen LogP contribution in [-0.2, 0) is 5.41 Å². The van der Waals surface area contributed by atoms with Gasteiger partial charge in [-0.2, -0.15) is 0 Å². The Bertz CT molecular complexity index is 1290. The highest BCUT2D eigenvalue weighted by molar-refractivity contribution is 5.51. The van der Waals surface area contributed by atoms with Crippen molar-refractivity contribution in [3.8, 4) is 5.75 Å². The lowest BCUT2D eigenvalue weighted by Gasteiger charge is -2.18. The molecule has 2 N–H and O–H groups in total. The number of nitrogens with one attached hydrogen (secondary N) is 2. The van der Waals surface area contributed by atoms with Crippen LogP contribution in [0.5, 0.6) is 5.75 Å². The maximum absolute atomic E-state index is 12.6. The predicted molar refractivity (Wildman–Crippen MR) is 134 cm³/mol. The molecule has 0 fully saturated rings. The fraction of sp³-hybridized carbons (Fsp3) is 0.333. The molecule has 0 aliphatic carbocycles. The lowest BCUT2D eigenvalue weighted by atomic mass is 9.87. The molecule has 0 spiro atoms. The first-order valence-corrected chi connectivity index (χ1v) is 11.2. The molecule has 1 aromatic heterocycles. The van der Waals surface area contributed by atoms with E-state index in [2.05, 4.69) is 35.6 Å². The summed E-state index contributed by atoms with van der Waals surface area (Å²) in [6, 6.07) is 15.4. The molecule has 174 valence electrons.